The normalized spacial score (nSPS) is 10.5. The molecule has 0 aliphatic rings. The maximum Gasteiger partial charge on any atom is 0.239 e. The van der Waals surface area contributed by atoms with Crippen LogP contribution in [0.2, 0.25) is 0 Å². The van der Waals surface area contributed by atoms with E-state index in [0.717, 1.165) is 12.8 Å². The molecular weight excluding hydrogens is 288 g/mol. The van der Waals surface area contributed by atoms with Gasteiger partial charge < -0.3 is 10.6 Å². The zero-order valence-corrected chi connectivity index (χ0v) is 15.4. The van der Waals surface area contributed by atoms with Crippen LogP contribution in [0.5, 0.6) is 0 Å². The summed E-state index contributed by atoms with van der Waals surface area (Å²) in [7, 11) is 1.57. The number of rotatable bonds is 16. The molecule has 0 aromatic carbocycles. The largest absolute Gasteiger partial charge is 0.358 e. The van der Waals surface area contributed by atoms with E-state index in [1.54, 1.807) is 7.05 Å². The summed E-state index contributed by atoms with van der Waals surface area (Å²) < 4.78 is 0. The monoisotopic (exact) mass is 326 g/mol. The van der Waals surface area contributed by atoms with Gasteiger partial charge in [-0.3, -0.25) is 9.59 Å². The zero-order valence-electron chi connectivity index (χ0n) is 15.4. The minimum Gasteiger partial charge on any atom is -0.358 e. The lowest BCUT2D eigenvalue weighted by Gasteiger charge is -2.05. The maximum absolute atomic E-state index is 11.5. The molecule has 136 valence electrons. The lowest BCUT2D eigenvalue weighted by molar-refractivity contribution is -0.125. The number of carbonyl (C=O) groups excluding carboxylic acids is 2. The second kappa shape index (κ2) is 17.3. The molecule has 0 radical (unpaired) electrons. The summed E-state index contributed by atoms with van der Waals surface area (Å²) in [5.41, 5.74) is 0. The predicted octanol–water partition coefficient (Wildman–Crippen LogP) is 4.33. The van der Waals surface area contributed by atoms with Crippen molar-refractivity contribution < 1.29 is 9.59 Å². The molecule has 4 nitrogen and oxygen atoms in total. The van der Waals surface area contributed by atoms with E-state index in [4.69, 9.17) is 0 Å². The minimum atomic E-state index is -0.149. The van der Waals surface area contributed by atoms with E-state index in [0.29, 0.717) is 6.42 Å². The summed E-state index contributed by atoms with van der Waals surface area (Å²) in [5, 5.41) is 5.11. The van der Waals surface area contributed by atoms with Gasteiger partial charge in [-0.25, -0.2) is 0 Å². The highest BCUT2D eigenvalue weighted by Crippen LogP contribution is 2.12. The first kappa shape index (κ1) is 21.9. The van der Waals surface area contributed by atoms with E-state index in [-0.39, 0.29) is 18.4 Å². The van der Waals surface area contributed by atoms with Gasteiger partial charge in [0, 0.05) is 13.5 Å². The van der Waals surface area contributed by atoms with Gasteiger partial charge in [0.2, 0.25) is 11.8 Å². The van der Waals surface area contributed by atoms with Crippen molar-refractivity contribution in [2.75, 3.05) is 13.6 Å². The van der Waals surface area contributed by atoms with Crippen molar-refractivity contribution in [1.29, 1.82) is 0 Å². The number of likely N-dealkylation sites (N-methyl/N-ethyl adjacent to an activating group) is 1. The van der Waals surface area contributed by atoms with Crippen LogP contribution in [0.3, 0.4) is 0 Å². The van der Waals surface area contributed by atoms with Crippen LogP contribution in [0.1, 0.15) is 96.8 Å². The number of nitrogens with one attached hydrogen (secondary N) is 2. The molecule has 0 rings (SSSR count). The van der Waals surface area contributed by atoms with Crippen molar-refractivity contribution in [3.05, 3.63) is 0 Å². The minimum absolute atomic E-state index is 0.0170. The van der Waals surface area contributed by atoms with Gasteiger partial charge in [0.1, 0.15) is 0 Å². The number of carbonyl (C=O) groups is 2. The number of hydrogen-bond acceptors (Lipinski definition) is 2. The van der Waals surface area contributed by atoms with E-state index in [1.807, 2.05) is 0 Å². The molecule has 0 aliphatic carbocycles. The molecule has 0 aliphatic heterocycles. The average Bonchev–Trinajstić information content (AvgIpc) is 2.56. The van der Waals surface area contributed by atoms with Crippen LogP contribution >= 0.6 is 0 Å². The average molecular weight is 327 g/mol. The molecule has 0 unspecified atom stereocenters. The summed E-state index contributed by atoms with van der Waals surface area (Å²) in [6, 6.07) is 0. The second-order valence-corrected chi connectivity index (χ2v) is 6.44. The topological polar surface area (TPSA) is 58.2 Å². The Morgan fingerprint density at radius 3 is 1.52 bits per heavy atom. The molecule has 0 aromatic heterocycles. The van der Waals surface area contributed by atoms with Gasteiger partial charge in [-0.05, 0) is 6.42 Å². The van der Waals surface area contributed by atoms with Crippen molar-refractivity contribution >= 4 is 11.8 Å². The Bertz CT molecular complexity index is 293. The van der Waals surface area contributed by atoms with Crippen molar-refractivity contribution in [2.24, 2.45) is 0 Å². The molecule has 0 heterocycles. The van der Waals surface area contributed by atoms with Crippen LogP contribution in [0.25, 0.3) is 0 Å². The van der Waals surface area contributed by atoms with Crippen LogP contribution in [0, 0.1) is 0 Å². The lowest BCUT2D eigenvalue weighted by atomic mass is 10.0. The fourth-order valence-corrected chi connectivity index (χ4v) is 2.66. The Kier molecular flexibility index (Phi) is 16.5. The highest BCUT2D eigenvalue weighted by molar-refractivity contribution is 5.84. The molecule has 0 bridgehead atoms. The smallest absolute Gasteiger partial charge is 0.239 e. The van der Waals surface area contributed by atoms with Crippen molar-refractivity contribution in [2.45, 2.75) is 96.8 Å². The third-order valence-corrected chi connectivity index (χ3v) is 4.23. The molecule has 0 aromatic rings. The molecule has 0 fully saturated rings. The summed E-state index contributed by atoms with van der Waals surface area (Å²) in [4.78, 5) is 22.5. The molecule has 0 saturated heterocycles. The summed E-state index contributed by atoms with van der Waals surface area (Å²) in [5.74, 6) is -0.166. The van der Waals surface area contributed by atoms with Gasteiger partial charge in [-0.1, -0.05) is 84.0 Å². The van der Waals surface area contributed by atoms with Gasteiger partial charge in [0.15, 0.2) is 0 Å². The van der Waals surface area contributed by atoms with Gasteiger partial charge >= 0.3 is 0 Å². The van der Waals surface area contributed by atoms with Crippen molar-refractivity contribution in [3.63, 3.8) is 0 Å². The lowest BCUT2D eigenvalue weighted by Crippen LogP contribution is -2.34. The Balaban J connectivity index is 3.15. The summed E-state index contributed by atoms with van der Waals surface area (Å²) in [6.45, 7) is 2.35. The van der Waals surface area contributed by atoms with Gasteiger partial charge in [0.25, 0.3) is 0 Å². The van der Waals surface area contributed by atoms with Crippen LogP contribution < -0.4 is 10.6 Å². The van der Waals surface area contributed by atoms with Crippen LogP contribution in [-0.4, -0.2) is 25.4 Å². The molecule has 0 spiro atoms. The third-order valence-electron chi connectivity index (χ3n) is 4.23. The molecule has 2 N–H and O–H groups in total. The molecule has 2 amide bonds. The molecule has 0 saturated carbocycles. The number of unbranched alkanes of at least 4 members (excludes halogenated alkanes) is 12. The second-order valence-electron chi connectivity index (χ2n) is 6.44. The van der Waals surface area contributed by atoms with Crippen LogP contribution in [-0.2, 0) is 9.59 Å². The maximum atomic E-state index is 11.5. The zero-order chi connectivity index (χ0) is 17.2. The van der Waals surface area contributed by atoms with E-state index in [2.05, 4.69) is 17.6 Å². The highest BCUT2D eigenvalue weighted by atomic mass is 16.2. The van der Waals surface area contributed by atoms with E-state index in [1.165, 1.54) is 70.6 Å². The Morgan fingerprint density at radius 2 is 1.09 bits per heavy atom. The summed E-state index contributed by atoms with van der Waals surface area (Å²) >= 11 is 0. The Hall–Kier alpha value is -1.06. The summed E-state index contributed by atoms with van der Waals surface area (Å²) in [6.07, 6.45) is 17.5. The molecule has 4 heteroatoms. The van der Waals surface area contributed by atoms with Gasteiger partial charge in [-0.2, -0.15) is 0 Å². The molecule has 0 atom stereocenters. The van der Waals surface area contributed by atoms with Crippen molar-refractivity contribution in [3.8, 4) is 0 Å². The van der Waals surface area contributed by atoms with Crippen LogP contribution in [0.15, 0.2) is 0 Å². The first-order valence-corrected chi connectivity index (χ1v) is 9.68. The third kappa shape index (κ3) is 17.1. The SMILES string of the molecule is CCCCCCCCCCCCCCCC(=O)NCC(=O)NC. The Labute approximate surface area is 143 Å². The molecular formula is C19H38N2O2. The van der Waals surface area contributed by atoms with Crippen molar-refractivity contribution in [1.82, 2.24) is 10.6 Å². The molecule has 23 heavy (non-hydrogen) atoms. The first-order valence-electron chi connectivity index (χ1n) is 9.68. The number of amides is 2. The predicted molar refractivity (Wildman–Crippen MR) is 97.4 cm³/mol. The quantitative estimate of drug-likeness (QED) is 0.415. The first-order chi connectivity index (χ1) is 11.2. The standard InChI is InChI=1S/C19H38N2O2/c1-3-4-5-6-7-8-9-10-11-12-13-14-15-16-18(22)21-17-19(23)20-2/h3-17H2,1-2H3,(H,20,23)(H,21,22). The van der Waals surface area contributed by atoms with Crippen LogP contribution in [0.4, 0.5) is 0 Å². The van der Waals surface area contributed by atoms with E-state index in [9.17, 15) is 9.59 Å². The fraction of sp³-hybridized carbons (Fsp3) is 0.895. The van der Waals surface area contributed by atoms with Gasteiger partial charge in [-0.15, -0.1) is 0 Å². The Morgan fingerprint density at radius 1 is 0.652 bits per heavy atom. The van der Waals surface area contributed by atoms with E-state index < -0.39 is 0 Å². The number of hydrogen-bond donors (Lipinski definition) is 2. The fourth-order valence-electron chi connectivity index (χ4n) is 2.66. The van der Waals surface area contributed by atoms with E-state index >= 15 is 0 Å². The van der Waals surface area contributed by atoms with Gasteiger partial charge in [0.05, 0.1) is 6.54 Å². The highest BCUT2D eigenvalue weighted by Gasteiger charge is 2.03.